The van der Waals surface area contributed by atoms with Gasteiger partial charge in [-0.25, -0.2) is 4.39 Å². The van der Waals surface area contributed by atoms with Gasteiger partial charge in [-0.2, -0.15) is 0 Å². The standard InChI is InChI=1S/C21H19FN4O2/c22-16-5-1-3-14(11-16)18-7-8-19(26-25-18)23-17-6-2-4-15(12-17)20(28)24-21(13-27)9-10-21/h1-8,11-12,27H,9-10,13H2,(H,23,26)(H,24,28). The Morgan fingerprint density at radius 3 is 2.57 bits per heavy atom. The summed E-state index contributed by atoms with van der Waals surface area (Å²) >= 11 is 0. The number of hydrogen-bond acceptors (Lipinski definition) is 5. The van der Waals surface area contributed by atoms with E-state index in [0.29, 0.717) is 28.3 Å². The summed E-state index contributed by atoms with van der Waals surface area (Å²) in [4.78, 5) is 12.4. The zero-order valence-electron chi connectivity index (χ0n) is 15.0. The maximum atomic E-state index is 13.3. The molecule has 1 aromatic heterocycles. The summed E-state index contributed by atoms with van der Waals surface area (Å²) in [6, 6.07) is 16.7. The van der Waals surface area contributed by atoms with Crippen molar-refractivity contribution >= 4 is 17.4 Å². The van der Waals surface area contributed by atoms with Crippen molar-refractivity contribution in [2.24, 2.45) is 0 Å². The highest BCUT2D eigenvalue weighted by Crippen LogP contribution is 2.34. The fourth-order valence-corrected chi connectivity index (χ4v) is 2.87. The smallest absolute Gasteiger partial charge is 0.251 e. The van der Waals surface area contributed by atoms with Crippen LogP contribution >= 0.6 is 0 Å². The fourth-order valence-electron chi connectivity index (χ4n) is 2.87. The number of benzene rings is 2. The molecule has 3 N–H and O–H groups in total. The van der Waals surface area contributed by atoms with Gasteiger partial charge in [-0.15, -0.1) is 10.2 Å². The monoisotopic (exact) mass is 378 g/mol. The molecule has 3 aromatic rings. The molecule has 0 unspecified atom stereocenters. The quantitative estimate of drug-likeness (QED) is 0.613. The van der Waals surface area contributed by atoms with Gasteiger partial charge in [0.05, 0.1) is 17.8 Å². The third kappa shape index (κ3) is 3.99. The number of nitrogens with zero attached hydrogens (tertiary/aromatic N) is 2. The van der Waals surface area contributed by atoms with E-state index < -0.39 is 5.54 Å². The largest absolute Gasteiger partial charge is 0.394 e. The molecule has 1 saturated carbocycles. The van der Waals surface area contributed by atoms with E-state index in [1.54, 1.807) is 42.5 Å². The van der Waals surface area contributed by atoms with Crippen LogP contribution in [0.15, 0.2) is 60.7 Å². The second-order valence-electron chi connectivity index (χ2n) is 6.91. The van der Waals surface area contributed by atoms with Crippen LogP contribution in [0.1, 0.15) is 23.2 Å². The van der Waals surface area contributed by atoms with Crippen LogP contribution < -0.4 is 10.6 Å². The van der Waals surface area contributed by atoms with Crippen LogP contribution in [-0.4, -0.2) is 33.4 Å². The lowest BCUT2D eigenvalue weighted by Crippen LogP contribution is -2.39. The lowest BCUT2D eigenvalue weighted by Gasteiger charge is -2.14. The zero-order chi connectivity index (χ0) is 19.6. The Morgan fingerprint density at radius 2 is 1.89 bits per heavy atom. The van der Waals surface area contributed by atoms with Gasteiger partial charge in [-0.3, -0.25) is 4.79 Å². The number of aliphatic hydroxyl groups is 1. The van der Waals surface area contributed by atoms with Crippen molar-refractivity contribution in [3.63, 3.8) is 0 Å². The van der Waals surface area contributed by atoms with Gasteiger partial charge in [-0.05, 0) is 55.3 Å². The van der Waals surface area contributed by atoms with Crippen LogP contribution in [0.2, 0.25) is 0 Å². The number of aliphatic hydroxyl groups excluding tert-OH is 1. The normalized spacial score (nSPS) is 14.4. The van der Waals surface area contributed by atoms with Crippen LogP contribution in [0, 0.1) is 5.82 Å². The fraction of sp³-hybridized carbons (Fsp3) is 0.190. The van der Waals surface area contributed by atoms with Crippen molar-refractivity contribution in [2.75, 3.05) is 11.9 Å². The molecule has 0 atom stereocenters. The Hall–Kier alpha value is -3.32. The topological polar surface area (TPSA) is 87.1 Å². The van der Waals surface area contributed by atoms with E-state index in [4.69, 9.17) is 0 Å². The van der Waals surface area contributed by atoms with E-state index in [2.05, 4.69) is 20.8 Å². The number of aromatic nitrogens is 2. The number of carbonyl (C=O) groups is 1. The summed E-state index contributed by atoms with van der Waals surface area (Å²) < 4.78 is 13.3. The molecule has 0 radical (unpaired) electrons. The lowest BCUT2D eigenvalue weighted by molar-refractivity contribution is 0.0907. The van der Waals surface area contributed by atoms with Crippen molar-refractivity contribution in [3.05, 3.63) is 72.0 Å². The number of nitrogens with one attached hydrogen (secondary N) is 2. The van der Waals surface area contributed by atoms with Crippen LogP contribution in [0.4, 0.5) is 15.9 Å². The first kappa shape index (κ1) is 18.1. The molecule has 1 aliphatic carbocycles. The Labute approximate surface area is 161 Å². The number of carbonyl (C=O) groups excluding carboxylic acids is 1. The van der Waals surface area contributed by atoms with Gasteiger partial charge < -0.3 is 15.7 Å². The molecule has 4 rings (SSSR count). The summed E-state index contributed by atoms with van der Waals surface area (Å²) in [5.41, 5.74) is 1.94. The molecular formula is C21H19FN4O2. The number of halogens is 1. The molecule has 1 amide bonds. The molecule has 2 aromatic carbocycles. The van der Waals surface area contributed by atoms with E-state index in [-0.39, 0.29) is 18.3 Å². The van der Waals surface area contributed by atoms with E-state index in [0.717, 1.165) is 12.8 Å². The first-order chi connectivity index (χ1) is 13.6. The Kier molecular flexibility index (Phi) is 4.75. The second kappa shape index (κ2) is 7.36. The average molecular weight is 378 g/mol. The van der Waals surface area contributed by atoms with E-state index in [9.17, 15) is 14.3 Å². The van der Waals surface area contributed by atoms with E-state index in [1.165, 1.54) is 12.1 Å². The highest BCUT2D eigenvalue weighted by molar-refractivity contribution is 5.96. The van der Waals surface area contributed by atoms with Crippen molar-refractivity contribution in [1.82, 2.24) is 15.5 Å². The van der Waals surface area contributed by atoms with Gasteiger partial charge >= 0.3 is 0 Å². The van der Waals surface area contributed by atoms with Gasteiger partial charge in [0.15, 0.2) is 5.82 Å². The van der Waals surface area contributed by atoms with Crippen molar-refractivity contribution < 1.29 is 14.3 Å². The van der Waals surface area contributed by atoms with Crippen molar-refractivity contribution in [2.45, 2.75) is 18.4 Å². The molecule has 0 spiro atoms. The number of rotatable bonds is 6. The summed E-state index contributed by atoms with van der Waals surface area (Å²) in [5, 5.41) is 23.6. The second-order valence-corrected chi connectivity index (χ2v) is 6.91. The highest BCUT2D eigenvalue weighted by Gasteiger charge is 2.43. The van der Waals surface area contributed by atoms with Crippen LogP contribution in [0.3, 0.4) is 0 Å². The molecule has 0 bridgehead atoms. The number of anilines is 2. The predicted molar refractivity (Wildman–Crippen MR) is 104 cm³/mol. The van der Waals surface area contributed by atoms with Crippen LogP contribution in [-0.2, 0) is 0 Å². The molecule has 0 aliphatic heterocycles. The maximum absolute atomic E-state index is 13.3. The Bertz CT molecular complexity index is 1000. The molecule has 142 valence electrons. The summed E-state index contributed by atoms with van der Waals surface area (Å²) in [6.07, 6.45) is 1.58. The lowest BCUT2D eigenvalue weighted by atomic mass is 10.1. The highest BCUT2D eigenvalue weighted by atomic mass is 19.1. The number of hydrogen-bond donors (Lipinski definition) is 3. The minimum atomic E-state index is -0.460. The van der Waals surface area contributed by atoms with Gasteiger partial charge in [0.1, 0.15) is 5.82 Å². The molecule has 6 nitrogen and oxygen atoms in total. The summed E-state index contributed by atoms with van der Waals surface area (Å²) in [5.74, 6) is -0.0414. The predicted octanol–water partition coefficient (Wildman–Crippen LogP) is 3.28. The first-order valence-electron chi connectivity index (χ1n) is 8.97. The summed E-state index contributed by atoms with van der Waals surface area (Å²) in [7, 11) is 0. The van der Waals surface area contributed by atoms with Gasteiger partial charge in [0, 0.05) is 16.8 Å². The third-order valence-corrected chi connectivity index (χ3v) is 4.72. The molecule has 1 aliphatic rings. The Morgan fingerprint density at radius 1 is 1.07 bits per heavy atom. The molecule has 28 heavy (non-hydrogen) atoms. The molecule has 1 heterocycles. The minimum absolute atomic E-state index is 0.0517. The van der Waals surface area contributed by atoms with E-state index >= 15 is 0 Å². The van der Waals surface area contributed by atoms with Gasteiger partial charge in [0.25, 0.3) is 5.91 Å². The van der Waals surface area contributed by atoms with Crippen molar-refractivity contribution in [1.29, 1.82) is 0 Å². The zero-order valence-corrected chi connectivity index (χ0v) is 15.0. The molecule has 7 heteroatoms. The first-order valence-corrected chi connectivity index (χ1v) is 8.97. The van der Waals surface area contributed by atoms with Crippen LogP contribution in [0.25, 0.3) is 11.3 Å². The molecule has 1 fully saturated rings. The molecule has 0 saturated heterocycles. The maximum Gasteiger partial charge on any atom is 0.251 e. The third-order valence-electron chi connectivity index (χ3n) is 4.72. The summed E-state index contributed by atoms with van der Waals surface area (Å²) in [6.45, 7) is -0.0517. The molecular weight excluding hydrogens is 359 g/mol. The van der Waals surface area contributed by atoms with Crippen LogP contribution in [0.5, 0.6) is 0 Å². The van der Waals surface area contributed by atoms with Gasteiger partial charge in [-0.1, -0.05) is 18.2 Å². The SMILES string of the molecule is O=C(NC1(CO)CC1)c1cccc(Nc2ccc(-c3cccc(F)c3)nn2)c1. The minimum Gasteiger partial charge on any atom is -0.394 e. The number of amides is 1. The van der Waals surface area contributed by atoms with Gasteiger partial charge in [0.2, 0.25) is 0 Å². The Balaban J connectivity index is 1.46. The van der Waals surface area contributed by atoms with Crippen molar-refractivity contribution in [3.8, 4) is 11.3 Å². The average Bonchev–Trinajstić information content (AvgIpc) is 3.49. The van der Waals surface area contributed by atoms with E-state index in [1.807, 2.05) is 6.07 Å².